The number of primary amides is 1. The van der Waals surface area contributed by atoms with Crippen LogP contribution in [0.4, 0.5) is 11.5 Å². The Kier molecular flexibility index (Phi) is 4.14. The molecule has 6 heteroatoms. The molecule has 0 radical (unpaired) electrons. The molecule has 2 rings (SSSR count). The van der Waals surface area contributed by atoms with Gasteiger partial charge in [-0.25, -0.2) is 9.97 Å². The summed E-state index contributed by atoms with van der Waals surface area (Å²) in [6.45, 7) is 0.608. The predicted octanol–water partition coefficient (Wildman–Crippen LogP) is 1.25. The zero-order valence-electron chi connectivity index (χ0n) is 11.5. The van der Waals surface area contributed by atoms with Crippen LogP contribution in [0, 0.1) is 0 Å². The van der Waals surface area contributed by atoms with Gasteiger partial charge in [-0.15, -0.1) is 0 Å². The molecule has 0 saturated carbocycles. The van der Waals surface area contributed by atoms with Gasteiger partial charge >= 0.3 is 0 Å². The second kappa shape index (κ2) is 6.01. The summed E-state index contributed by atoms with van der Waals surface area (Å²) in [5, 5.41) is 3.14. The van der Waals surface area contributed by atoms with Gasteiger partial charge in [-0.2, -0.15) is 0 Å². The van der Waals surface area contributed by atoms with Crippen molar-refractivity contribution >= 4 is 17.4 Å². The van der Waals surface area contributed by atoms with Crippen LogP contribution < -0.4 is 16.0 Å². The number of nitrogens with two attached hydrogens (primary N) is 1. The van der Waals surface area contributed by atoms with Crippen LogP contribution in [0.1, 0.15) is 16.1 Å². The monoisotopic (exact) mass is 271 g/mol. The van der Waals surface area contributed by atoms with Gasteiger partial charge in [0.05, 0.1) is 0 Å². The Labute approximate surface area is 117 Å². The Bertz CT molecular complexity index is 612. The first-order valence-corrected chi connectivity index (χ1v) is 6.18. The van der Waals surface area contributed by atoms with Crippen LogP contribution in [0.25, 0.3) is 0 Å². The van der Waals surface area contributed by atoms with Crippen LogP contribution in [0.5, 0.6) is 0 Å². The normalized spacial score (nSPS) is 10.1. The third-order valence-electron chi connectivity index (χ3n) is 2.82. The third kappa shape index (κ3) is 3.44. The number of hydrogen-bond donors (Lipinski definition) is 2. The lowest BCUT2D eigenvalue weighted by molar-refractivity contribution is 0.0995. The Balaban J connectivity index is 2.07. The molecule has 104 valence electrons. The number of benzene rings is 1. The number of nitrogens with one attached hydrogen (secondary N) is 1. The van der Waals surface area contributed by atoms with Gasteiger partial charge in [-0.1, -0.05) is 12.1 Å². The average molecular weight is 271 g/mol. The van der Waals surface area contributed by atoms with Crippen molar-refractivity contribution in [1.82, 2.24) is 9.97 Å². The fourth-order valence-corrected chi connectivity index (χ4v) is 1.73. The summed E-state index contributed by atoms with van der Waals surface area (Å²) in [4.78, 5) is 20.9. The van der Waals surface area contributed by atoms with Crippen molar-refractivity contribution in [2.75, 3.05) is 24.3 Å². The van der Waals surface area contributed by atoms with E-state index in [9.17, 15) is 4.79 Å². The molecular formula is C14H17N5O. The molecule has 0 bridgehead atoms. The predicted molar refractivity (Wildman–Crippen MR) is 78.6 cm³/mol. The second-order valence-electron chi connectivity index (χ2n) is 4.57. The zero-order valence-corrected chi connectivity index (χ0v) is 11.5. The molecule has 20 heavy (non-hydrogen) atoms. The lowest BCUT2D eigenvalue weighted by atomic mass is 10.2. The summed E-state index contributed by atoms with van der Waals surface area (Å²) in [7, 11) is 3.99. The van der Waals surface area contributed by atoms with Crippen molar-refractivity contribution in [2.45, 2.75) is 6.54 Å². The van der Waals surface area contributed by atoms with E-state index in [2.05, 4.69) is 21.4 Å². The Morgan fingerprint density at radius 3 is 2.80 bits per heavy atom. The van der Waals surface area contributed by atoms with Crippen molar-refractivity contribution in [1.29, 1.82) is 0 Å². The summed E-state index contributed by atoms with van der Waals surface area (Å²) in [5.41, 5.74) is 7.63. The highest BCUT2D eigenvalue weighted by atomic mass is 16.1. The van der Waals surface area contributed by atoms with E-state index in [0.29, 0.717) is 12.4 Å². The molecule has 0 fully saturated rings. The minimum absolute atomic E-state index is 0.199. The van der Waals surface area contributed by atoms with Crippen molar-refractivity contribution in [3.63, 3.8) is 0 Å². The van der Waals surface area contributed by atoms with Crippen molar-refractivity contribution in [3.05, 3.63) is 47.9 Å². The average Bonchev–Trinajstić information content (AvgIpc) is 2.45. The maximum Gasteiger partial charge on any atom is 0.267 e. The van der Waals surface area contributed by atoms with E-state index in [1.54, 1.807) is 0 Å². The number of anilines is 2. The van der Waals surface area contributed by atoms with E-state index in [1.165, 1.54) is 12.4 Å². The third-order valence-corrected chi connectivity index (χ3v) is 2.82. The molecule has 0 aliphatic rings. The first-order valence-electron chi connectivity index (χ1n) is 6.18. The molecule has 0 saturated heterocycles. The minimum Gasteiger partial charge on any atom is -0.378 e. The lowest BCUT2D eigenvalue weighted by Gasteiger charge is -2.14. The molecule has 1 aromatic carbocycles. The number of hydrogen-bond acceptors (Lipinski definition) is 5. The first-order chi connectivity index (χ1) is 9.56. The second-order valence-corrected chi connectivity index (χ2v) is 4.57. The van der Waals surface area contributed by atoms with Gasteiger partial charge in [0, 0.05) is 32.4 Å². The number of carbonyl (C=O) groups is 1. The smallest absolute Gasteiger partial charge is 0.267 e. The van der Waals surface area contributed by atoms with Gasteiger partial charge in [0.25, 0.3) is 5.91 Å². The van der Waals surface area contributed by atoms with E-state index in [1.807, 2.05) is 37.2 Å². The van der Waals surface area contributed by atoms with Gasteiger partial charge in [-0.05, 0) is 17.7 Å². The molecule has 3 N–H and O–H groups in total. The maximum absolute atomic E-state index is 11.0. The summed E-state index contributed by atoms with van der Waals surface area (Å²) in [5.74, 6) is 0.00844. The van der Waals surface area contributed by atoms with Crippen molar-refractivity contribution in [2.24, 2.45) is 5.73 Å². The summed E-state index contributed by atoms with van der Waals surface area (Å²) in [6, 6.07) is 9.69. The van der Waals surface area contributed by atoms with Gasteiger partial charge in [-0.3, -0.25) is 4.79 Å². The molecular weight excluding hydrogens is 254 g/mol. The Morgan fingerprint density at radius 1 is 1.30 bits per heavy atom. The van der Waals surface area contributed by atoms with Crippen LogP contribution in [-0.4, -0.2) is 30.0 Å². The minimum atomic E-state index is -0.565. The molecule has 0 unspecified atom stereocenters. The molecule has 1 aromatic heterocycles. The van der Waals surface area contributed by atoms with Crippen LogP contribution in [0.3, 0.4) is 0 Å². The lowest BCUT2D eigenvalue weighted by Crippen LogP contribution is -2.14. The van der Waals surface area contributed by atoms with E-state index in [4.69, 9.17) is 5.73 Å². The molecule has 6 nitrogen and oxygen atoms in total. The summed E-state index contributed by atoms with van der Waals surface area (Å²) in [6.07, 6.45) is 1.32. The Hall–Kier alpha value is -2.63. The Morgan fingerprint density at radius 2 is 2.10 bits per heavy atom. The van der Waals surface area contributed by atoms with Gasteiger partial charge < -0.3 is 16.0 Å². The molecule has 1 amide bonds. The number of rotatable bonds is 5. The highest BCUT2D eigenvalue weighted by molar-refractivity contribution is 5.91. The molecule has 2 aromatic rings. The fraction of sp³-hybridized carbons (Fsp3) is 0.214. The topological polar surface area (TPSA) is 84.1 Å². The molecule has 0 aliphatic carbocycles. The van der Waals surface area contributed by atoms with Crippen LogP contribution in [0.15, 0.2) is 36.7 Å². The molecule has 0 spiro atoms. The largest absolute Gasteiger partial charge is 0.378 e. The van der Waals surface area contributed by atoms with E-state index in [0.717, 1.165) is 11.3 Å². The van der Waals surface area contributed by atoms with Crippen molar-refractivity contribution in [3.8, 4) is 0 Å². The molecule has 0 aliphatic heterocycles. The molecule has 1 heterocycles. The van der Waals surface area contributed by atoms with E-state index >= 15 is 0 Å². The number of nitrogens with zero attached hydrogens (tertiary/aromatic N) is 3. The SMILES string of the molecule is CN(C)c1cccc(CNc2cc(C(N)=O)ncn2)c1. The van der Waals surface area contributed by atoms with Gasteiger partial charge in [0.1, 0.15) is 17.8 Å². The van der Waals surface area contributed by atoms with Crippen LogP contribution >= 0.6 is 0 Å². The zero-order chi connectivity index (χ0) is 14.5. The standard InChI is InChI=1S/C14H17N5O/c1-19(2)11-5-3-4-10(6-11)8-16-13-7-12(14(15)20)17-9-18-13/h3-7,9H,8H2,1-2H3,(H2,15,20)(H,16,17,18). The highest BCUT2D eigenvalue weighted by Crippen LogP contribution is 2.14. The van der Waals surface area contributed by atoms with Crippen LogP contribution in [-0.2, 0) is 6.54 Å². The van der Waals surface area contributed by atoms with Gasteiger partial charge in [0.15, 0.2) is 0 Å². The number of aromatic nitrogens is 2. The summed E-state index contributed by atoms with van der Waals surface area (Å²) < 4.78 is 0. The first kappa shape index (κ1) is 13.8. The maximum atomic E-state index is 11.0. The molecule has 0 atom stereocenters. The van der Waals surface area contributed by atoms with E-state index in [-0.39, 0.29) is 5.69 Å². The summed E-state index contributed by atoms with van der Waals surface area (Å²) >= 11 is 0. The quantitative estimate of drug-likeness (QED) is 0.855. The number of carbonyl (C=O) groups excluding carboxylic acids is 1. The van der Waals surface area contributed by atoms with E-state index < -0.39 is 5.91 Å². The highest BCUT2D eigenvalue weighted by Gasteiger charge is 2.04. The van der Waals surface area contributed by atoms with Crippen molar-refractivity contribution < 1.29 is 4.79 Å². The van der Waals surface area contributed by atoms with Gasteiger partial charge in [0.2, 0.25) is 0 Å². The fourth-order valence-electron chi connectivity index (χ4n) is 1.73. The van der Waals surface area contributed by atoms with Crippen LogP contribution in [0.2, 0.25) is 0 Å². The number of amides is 1.